The quantitative estimate of drug-likeness (QED) is 0.0244. The number of carbonyl (C=O) groups is 2. The maximum atomic E-state index is 12.5. The first kappa shape index (κ1) is 73.1. The molecule has 0 aromatic carbocycles. The summed E-state index contributed by atoms with van der Waals surface area (Å²) < 4.78 is 5.47. The van der Waals surface area contributed by atoms with Crippen LogP contribution in [0, 0.1) is 0 Å². The lowest BCUT2D eigenvalue weighted by atomic mass is 10.0. The van der Waals surface area contributed by atoms with E-state index in [4.69, 9.17) is 4.74 Å². The average molecular weight is 1050 g/mol. The molecule has 0 saturated carbocycles. The van der Waals surface area contributed by atoms with Crippen LogP contribution in [0.1, 0.15) is 367 Å². The second-order valence-electron chi connectivity index (χ2n) is 23.2. The Morgan fingerprint density at radius 3 is 1.03 bits per heavy atom. The van der Waals surface area contributed by atoms with Gasteiger partial charge in [0, 0.05) is 12.8 Å². The number of ether oxygens (including phenoxy) is 1. The molecule has 0 aromatic rings. The summed E-state index contributed by atoms with van der Waals surface area (Å²) >= 11 is 0. The van der Waals surface area contributed by atoms with Crippen molar-refractivity contribution in [3.8, 4) is 0 Å². The molecule has 0 heterocycles. The van der Waals surface area contributed by atoms with Crippen LogP contribution in [0.15, 0.2) is 36.5 Å². The third-order valence-corrected chi connectivity index (χ3v) is 15.7. The summed E-state index contributed by atoms with van der Waals surface area (Å²) in [7, 11) is 0. The van der Waals surface area contributed by atoms with Crippen LogP contribution in [0.4, 0.5) is 0 Å². The Labute approximate surface area is 468 Å². The molecule has 0 saturated heterocycles. The number of aliphatic hydroxyl groups is 2. The minimum Gasteiger partial charge on any atom is -0.466 e. The van der Waals surface area contributed by atoms with Gasteiger partial charge in [-0.15, -0.1) is 0 Å². The van der Waals surface area contributed by atoms with Gasteiger partial charge in [0.25, 0.3) is 0 Å². The van der Waals surface area contributed by atoms with E-state index in [1.807, 2.05) is 0 Å². The minimum absolute atomic E-state index is 0.0160. The number of carbonyl (C=O) groups excluding carboxylic acids is 2. The van der Waals surface area contributed by atoms with Gasteiger partial charge in [-0.25, -0.2) is 0 Å². The first-order valence-corrected chi connectivity index (χ1v) is 33.8. The van der Waals surface area contributed by atoms with E-state index in [0.29, 0.717) is 25.9 Å². The molecular formula is C69H131NO5. The molecule has 0 fully saturated rings. The Kier molecular flexibility index (Phi) is 63.0. The standard InChI is InChI=1S/C69H131NO5/c1-3-5-7-9-11-13-15-17-19-21-22-23-24-26-30-33-37-41-45-49-53-57-61-67(72)66(65-71)70-68(73)62-58-54-50-46-42-38-34-31-27-25-28-32-36-40-44-48-52-56-60-64-75-69(74)63-59-55-51-47-43-39-35-29-20-18-16-14-12-10-8-6-4-2/h18,20,32,36,40,44,66-67,71-72H,3-17,19,21-31,33-35,37-39,41-43,45-65H2,1-2H3,(H,70,73)/b20-18-,36-32-,44-40-. The lowest BCUT2D eigenvalue weighted by molar-refractivity contribution is -0.143. The van der Waals surface area contributed by atoms with Crippen LogP contribution in [-0.4, -0.2) is 47.4 Å². The highest BCUT2D eigenvalue weighted by molar-refractivity contribution is 5.76. The molecular weight excluding hydrogens is 923 g/mol. The van der Waals surface area contributed by atoms with Gasteiger partial charge in [0.2, 0.25) is 5.91 Å². The predicted molar refractivity (Wildman–Crippen MR) is 329 cm³/mol. The third kappa shape index (κ3) is 61.2. The van der Waals surface area contributed by atoms with Crippen molar-refractivity contribution in [2.24, 2.45) is 0 Å². The third-order valence-electron chi connectivity index (χ3n) is 15.7. The Morgan fingerprint density at radius 2 is 0.667 bits per heavy atom. The van der Waals surface area contributed by atoms with E-state index in [2.05, 4.69) is 55.6 Å². The number of nitrogens with one attached hydrogen (secondary N) is 1. The van der Waals surface area contributed by atoms with E-state index in [1.165, 1.54) is 263 Å². The van der Waals surface area contributed by atoms with Crippen molar-refractivity contribution in [2.75, 3.05) is 13.2 Å². The van der Waals surface area contributed by atoms with Gasteiger partial charge in [-0.1, -0.05) is 307 Å². The fourth-order valence-electron chi connectivity index (χ4n) is 10.5. The number of aliphatic hydroxyl groups excluding tert-OH is 2. The molecule has 75 heavy (non-hydrogen) atoms. The van der Waals surface area contributed by atoms with Crippen molar-refractivity contribution in [3.63, 3.8) is 0 Å². The fraction of sp³-hybridized carbons (Fsp3) is 0.884. The second-order valence-corrected chi connectivity index (χ2v) is 23.2. The molecule has 6 heteroatoms. The summed E-state index contributed by atoms with van der Waals surface area (Å²) in [5.74, 6) is -0.0575. The molecule has 0 aliphatic carbocycles. The summed E-state index contributed by atoms with van der Waals surface area (Å²) in [4.78, 5) is 24.6. The predicted octanol–water partition coefficient (Wildman–Crippen LogP) is 21.5. The van der Waals surface area contributed by atoms with Gasteiger partial charge >= 0.3 is 5.97 Å². The largest absolute Gasteiger partial charge is 0.466 e. The second kappa shape index (κ2) is 64.6. The Balaban J connectivity index is 3.46. The molecule has 0 aromatic heterocycles. The number of unbranched alkanes of at least 4 members (excludes halogenated alkanes) is 47. The van der Waals surface area contributed by atoms with Crippen LogP contribution in [-0.2, 0) is 14.3 Å². The molecule has 2 unspecified atom stereocenters. The Bertz CT molecular complexity index is 1210. The summed E-state index contributed by atoms with van der Waals surface area (Å²) in [6.07, 6.45) is 81.7. The van der Waals surface area contributed by atoms with Gasteiger partial charge < -0.3 is 20.3 Å². The number of hydrogen-bond acceptors (Lipinski definition) is 5. The molecule has 2 atom stereocenters. The molecule has 0 bridgehead atoms. The first-order chi connectivity index (χ1) is 37.0. The van der Waals surface area contributed by atoms with Gasteiger partial charge in [-0.3, -0.25) is 9.59 Å². The van der Waals surface area contributed by atoms with Crippen molar-refractivity contribution in [1.82, 2.24) is 5.32 Å². The molecule has 0 spiro atoms. The molecule has 0 rings (SSSR count). The lowest BCUT2D eigenvalue weighted by Gasteiger charge is -2.22. The maximum Gasteiger partial charge on any atom is 0.305 e. The van der Waals surface area contributed by atoms with E-state index in [0.717, 1.165) is 70.6 Å². The smallest absolute Gasteiger partial charge is 0.305 e. The highest BCUT2D eigenvalue weighted by atomic mass is 16.5. The van der Waals surface area contributed by atoms with Crippen LogP contribution in [0.2, 0.25) is 0 Å². The fourth-order valence-corrected chi connectivity index (χ4v) is 10.5. The van der Waals surface area contributed by atoms with Crippen molar-refractivity contribution >= 4 is 11.9 Å². The number of esters is 1. The molecule has 3 N–H and O–H groups in total. The highest BCUT2D eigenvalue weighted by Gasteiger charge is 2.20. The molecule has 442 valence electrons. The van der Waals surface area contributed by atoms with Crippen LogP contribution in [0.3, 0.4) is 0 Å². The number of hydrogen-bond donors (Lipinski definition) is 3. The van der Waals surface area contributed by atoms with Crippen molar-refractivity contribution < 1.29 is 24.5 Å². The zero-order chi connectivity index (χ0) is 54.3. The molecule has 0 radical (unpaired) electrons. The zero-order valence-corrected chi connectivity index (χ0v) is 50.5. The van der Waals surface area contributed by atoms with Crippen LogP contribution >= 0.6 is 0 Å². The molecule has 6 nitrogen and oxygen atoms in total. The van der Waals surface area contributed by atoms with E-state index in [9.17, 15) is 19.8 Å². The number of rotatable bonds is 63. The van der Waals surface area contributed by atoms with E-state index in [1.54, 1.807) is 0 Å². The van der Waals surface area contributed by atoms with Crippen LogP contribution < -0.4 is 5.32 Å². The van der Waals surface area contributed by atoms with Crippen LogP contribution in [0.5, 0.6) is 0 Å². The van der Waals surface area contributed by atoms with Crippen molar-refractivity contribution in [1.29, 1.82) is 0 Å². The lowest BCUT2D eigenvalue weighted by Crippen LogP contribution is -2.45. The monoisotopic (exact) mass is 1050 g/mol. The van der Waals surface area contributed by atoms with E-state index < -0.39 is 12.1 Å². The summed E-state index contributed by atoms with van der Waals surface area (Å²) in [5.41, 5.74) is 0. The van der Waals surface area contributed by atoms with Gasteiger partial charge in [0.15, 0.2) is 0 Å². The first-order valence-electron chi connectivity index (χ1n) is 33.8. The van der Waals surface area contributed by atoms with Gasteiger partial charge in [-0.05, 0) is 83.5 Å². The summed E-state index contributed by atoms with van der Waals surface area (Å²) in [6.45, 7) is 4.93. The van der Waals surface area contributed by atoms with E-state index >= 15 is 0 Å². The van der Waals surface area contributed by atoms with Crippen molar-refractivity contribution in [2.45, 2.75) is 379 Å². The number of amides is 1. The van der Waals surface area contributed by atoms with Gasteiger partial charge in [-0.2, -0.15) is 0 Å². The zero-order valence-electron chi connectivity index (χ0n) is 50.5. The SMILES string of the molecule is CCCCCCCC/C=C\CCCCCCCCCC(=O)OCCCCC/C=C\C=C/CCCCCCCCCCCCC(=O)NC(CO)C(O)CCCCCCCCCCCCCCCCCCCCCCCC. The molecule has 0 aliphatic rings. The summed E-state index contributed by atoms with van der Waals surface area (Å²) in [6, 6.07) is -0.551. The molecule has 0 aliphatic heterocycles. The minimum atomic E-state index is -0.673. The van der Waals surface area contributed by atoms with Gasteiger partial charge in [0.05, 0.1) is 25.4 Å². The highest BCUT2D eigenvalue weighted by Crippen LogP contribution is 2.18. The topological polar surface area (TPSA) is 95.9 Å². The maximum absolute atomic E-state index is 12.5. The van der Waals surface area contributed by atoms with Crippen molar-refractivity contribution in [3.05, 3.63) is 36.5 Å². The van der Waals surface area contributed by atoms with Gasteiger partial charge in [0.1, 0.15) is 0 Å². The average Bonchev–Trinajstić information content (AvgIpc) is 3.41. The Hall–Kier alpha value is -1.92. The number of allylic oxidation sites excluding steroid dienone is 6. The normalized spacial score (nSPS) is 12.7. The summed E-state index contributed by atoms with van der Waals surface area (Å²) in [5, 5.41) is 23.4. The molecule has 1 amide bonds. The van der Waals surface area contributed by atoms with E-state index in [-0.39, 0.29) is 18.5 Å². The Morgan fingerprint density at radius 1 is 0.373 bits per heavy atom. The van der Waals surface area contributed by atoms with Crippen LogP contribution in [0.25, 0.3) is 0 Å².